The number of nitrogens with one attached hydrogen (secondary N) is 2. The van der Waals surface area contributed by atoms with Crippen LogP contribution in [-0.4, -0.2) is 33.5 Å². The molecule has 1 aliphatic heterocycles. The zero-order valence-electron chi connectivity index (χ0n) is 9.65. The van der Waals surface area contributed by atoms with Gasteiger partial charge < -0.3 is 5.32 Å². The Bertz CT molecular complexity index is 474. The molecule has 2 heterocycles. The van der Waals surface area contributed by atoms with Gasteiger partial charge in [0.2, 0.25) is 17.8 Å². The lowest BCUT2D eigenvalue weighted by atomic mass is 10.1. The molecule has 0 aliphatic carbocycles. The fourth-order valence-electron chi connectivity index (χ4n) is 1.51. The Labute approximate surface area is 98.0 Å². The minimum atomic E-state index is -0.354. The van der Waals surface area contributed by atoms with Gasteiger partial charge in [0.15, 0.2) is 0 Å². The molecule has 17 heavy (non-hydrogen) atoms. The number of carbonyl (C=O) groups excluding carboxylic acids is 2. The first-order valence-electron chi connectivity index (χ1n) is 5.31. The molecule has 1 aromatic rings. The Hall–Kier alpha value is -2.05. The van der Waals surface area contributed by atoms with Crippen molar-refractivity contribution in [3.8, 4) is 0 Å². The van der Waals surface area contributed by atoms with Crippen LogP contribution in [0.5, 0.6) is 0 Å². The summed E-state index contributed by atoms with van der Waals surface area (Å²) < 4.78 is 0. The van der Waals surface area contributed by atoms with Gasteiger partial charge in [-0.15, -0.1) is 5.10 Å². The molecule has 0 saturated carbocycles. The number of carbonyl (C=O) groups is 2. The summed E-state index contributed by atoms with van der Waals surface area (Å²) in [5.41, 5.74) is 1.44. The van der Waals surface area contributed by atoms with Gasteiger partial charge >= 0.3 is 0 Å². The monoisotopic (exact) mass is 235 g/mol. The summed E-state index contributed by atoms with van der Waals surface area (Å²) in [6.45, 7) is 3.95. The molecule has 2 rings (SSSR count). The van der Waals surface area contributed by atoms with E-state index >= 15 is 0 Å². The Morgan fingerprint density at radius 3 is 2.71 bits per heavy atom. The van der Waals surface area contributed by atoms with E-state index in [0.717, 1.165) is 11.4 Å². The standard InChI is InChI=1S/C10H13N5O2/c1-5-6(2)14-15-10(12-5)13-9(17)7-3-8(16)11-4-7/h7H,3-4H2,1-2H3,(H,11,16)(H,12,13,15,17). The largest absolute Gasteiger partial charge is 0.355 e. The second-order valence-corrected chi connectivity index (χ2v) is 4.00. The van der Waals surface area contributed by atoms with Gasteiger partial charge in [-0.25, -0.2) is 4.98 Å². The number of hydrogen-bond acceptors (Lipinski definition) is 5. The molecule has 0 bridgehead atoms. The minimum Gasteiger partial charge on any atom is -0.355 e. The van der Waals surface area contributed by atoms with Crippen LogP contribution >= 0.6 is 0 Å². The normalized spacial score (nSPS) is 18.9. The van der Waals surface area contributed by atoms with E-state index < -0.39 is 0 Å². The summed E-state index contributed by atoms with van der Waals surface area (Å²) in [5, 5.41) is 12.8. The van der Waals surface area contributed by atoms with Gasteiger partial charge in [0.05, 0.1) is 17.3 Å². The van der Waals surface area contributed by atoms with E-state index in [1.165, 1.54) is 0 Å². The molecule has 1 aliphatic rings. The average Bonchev–Trinajstić information content (AvgIpc) is 2.70. The molecule has 2 N–H and O–H groups in total. The zero-order valence-corrected chi connectivity index (χ0v) is 9.65. The minimum absolute atomic E-state index is 0.107. The molecular formula is C10H13N5O2. The van der Waals surface area contributed by atoms with E-state index in [1.54, 1.807) is 13.8 Å². The highest BCUT2D eigenvalue weighted by molar-refractivity contribution is 5.96. The van der Waals surface area contributed by atoms with E-state index in [1.807, 2.05) is 0 Å². The molecule has 1 unspecified atom stereocenters. The van der Waals surface area contributed by atoms with Gasteiger partial charge in [0, 0.05) is 13.0 Å². The van der Waals surface area contributed by atoms with Crippen molar-refractivity contribution in [2.75, 3.05) is 11.9 Å². The van der Waals surface area contributed by atoms with E-state index in [0.29, 0.717) is 6.54 Å². The van der Waals surface area contributed by atoms with Crippen LogP contribution in [0.1, 0.15) is 17.8 Å². The molecular weight excluding hydrogens is 222 g/mol. The van der Waals surface area contributed by atoms with E-state index in [-0.39, 0.29) is 30.1 Å². The van der Waals surface area contributed by atoms with Crippen molar-refractivity contribution in [1.82, 2.24) is 20.5 Å². The number of nitrogens with zero attached hydrogens (tertiary/aromatic N) is 3. The van der Waals surface area contributed by atoms with Crippen molar-refractivity contribution < 1.29 is 9.59 Å². The van der Waals surface area contributed by atoms with Gasteiger partial charge in [-0.05, 0) is 13.8 Å². The Morgan fingerprint density at radius 2 is 2.12 bits per heavy atom. The zero-order chi connectivity index (χ0) is 12.4. The van der Waals surface area contributed by atoms with Crippen molar-refractivity contribution in [1.29, 1.82) is 0 Å². The van der Waals surface area contributed by atoms with Crippen molar-refractivity contribution in [2.45, 2.75) is 20.3 Å². The summed E-state index contributed by atoms with van der Waals surface area (Å²) in [6.07, 6.45) is 0.212. The summed E-state index contributed by atoms with van der Waals surface area (Å²) >= 11 is 0. The topological polar surface area (TPSA) is 96.9 Å². The van der Waals surface area contributed by atoms with Crippen LogP contribution in [-0.2, 0) is 9.59 Å². The molecule has 90 valence electrons. The first-order chi connectivity index (χ1) is 8.06. The van der Waals surface area contributed by atoms with E-state index in [4.69, 9.17) is 0 Å². The van der Waals surface area contributed by atoms with Crippen LogP contribution in [0.4, 0.5) is 5.95 Å². The van der Waals surface area contributed by atoms with Crippen molar-refractivity contribution in [2.24, 2.45) is 5.92 Å². The van der Waals surface area contributed by atoms with Gasteiger partial charge in [0.25, 0.3) is 0 Å². The molecule has 0 aromatic carbocycles. The smallest absolute Gasteiger partial charge is 0.249 e. The van der Waals surface area contributed by atoms with Gasteiger partial charge in [-0.3, -0.25) is 14.9 Å². The van der Waals surface area contributed by atoms with Gasteiger partial charge in [0.1, 0.15) is 0 Å². The third-order valence-electron chi connectivity index (χ3n) is 2.68. The lowest BCUT2D eigenvalue weighted by Gasteiger charge is -2.07. The summed E-state index contributed by atoms with van der Waals surface area (Å²) in [4.78, 5) is 26.8. The van der Waals surface area contributed by atoms with Crippen LogP contribution in [0.3, 0.4) is 0 Å². The fourth-order valence-corrected chi connectivity index (χ4v) is 1.51. The van der Waals surface area contributed by atoms with Crippen molar-refractivity contribution >= 4 is 17.8 Å². The van der Waals surface area contributed by atoms with Crippen LogP contribution in [0.25, 0.3) is 0 Å². The SMILES string of the molecule is Cc1nnc(NC(=O)C2CNC(=O)C2)nc1C. The molecule has 1 atom stereocenters. The van der Waals surface area contributed by atoms with E-state index in [9.17, 15) is 9.59 Å². The molecule has 1 saturated heterocycles. The molecule has 2 amide bonds. The fraction of sp³-hybridized carbons (Fsp3) is 0.500. The Balaban J connectivity index is 2.03. The predicted octanol–water partition coefficient (Wildman–Crippen LogP) is -0.437. The average molecular weight is 235 g/mol. The molecule has 1 fully saturated rings. The number of rotatable bonds is 2. The third-order valence-corrected chi connectivity index (χ3v) is 2.68. The lowest BCUT2D eigenvalue weighted by Crippen LogP contribution is -2.26. The molecule has 0 spiro atoms. The summed E-state index contributed by atoms with van der Waals surface area (Å²) in [5.74, 6) is -0.539. The number of amides is 2. The van der Waals surface area contributed by atoms with E-state index in [2.05, 4.69) is 25.8 Å². The first-order valence-corrected chi connectivity index (χ1v) is 5.31. The number of aryl methyl sites for hydroxylation is 2. The second-order valence-electron chi connectivity index (χ2n) is 4.00. The van der Waals surface area contributed by atoms with Crippen molar-refractivity contribution in [3.05, 3.63) is 11.4 Å². The highest BCUT2D eigenvalue weighted by Gasteiger charge is 2.28. The maximum atomic E-state index is 11.7. The summed E-state index contributed by atoms with van der Waals surface area (Å²) in [6, 6.07) is 0. The maximum absolute atomic E-state index is 11.7. The van der Waals surface area contributed by atoms with Gasteiger partial charge in [-0.2, -0.15) is 5.10 Å². The third kappa shape index (κ3) is 2.55. The quantitative estimate of drug-likeness (QED) is 0.724. The number of anilines is 1. The lowest BCUT2D eigenvalue weighted by molar-refractivity contribution is -0.123. The number of hydrogen-bond donors (Lipinski definition) is 2. The maximum Gasteiger partial charge on any atom is 0.249 e. The molecule has 1 aromatic heterocycles. The second kappa shape index (κ2) is 4.44. The van der Waals surface area contributed by atoms with Crippen LogP contribution < -0.4 is 10.6 Å². The highest BCUT2D eigenvalue weighted by atomic mass is 16.2. The molecule has 7 heteroatoms. The number of aromatic nitrogens is 3. The Morgan fingerprint density at radius 1 is 1.35 bits per heavy atom. The van der Waals surface area contributed by atoms with Crippen LogP contribution in [0.15, 0.2) is 0 Å². The van der Waals surface area contributed by atoms with Crippen LogP contribution in [0.2, 0.25) is 0 Å². The molecule has 0 radical (unpaired) electrons. The summed E-state index contributed by atoms with van der Waals surface area (Å²) in [7, 11) is 0. The van der Waals surface area contributed by atoms with Crippen LogP contribution in [0, 0.1) is 19.8 Å². The first kappa shape index (κ1) is 11.4. The molecule has 7 nitrogen and oxygen atoms in total. The highest BCUT2D eigenvalue weighted by Crippen LogP contribution is 2.11. The Kier molecular flexibility index (Phi) is 2.99. The predicted molar refractivity (Wildman–Crippen MR) is 59.0 cm³/mol. The van der Waals surface area contributed by atoms with Gasteiger partial charge in [-0.1, -0.05) is 0 Å². The van der Waals surface area contributed by atoms with Crippen molar-refractivity contribution in [3.63, 3.8) is 0 Å².